The molecule has 3 heteroatoms. The maximum atomic E-state index is 5.16. The van der Waals surface area contributed by atoms with Gasteiger partial charge in [-0.3, -0.25) is 10.4 Å². The topological polar surface area (TPSA) is 24.5 Å². The summed E-state index contributed by atoms with van der Waals surface area (Å²) in [5.74, 6) is 0.864. The van der Waals surface area contributed by atoms with Crippen LogP contribution in [0.25, 0.3) is 0 Å². The van der Waals surface area contributed by atoms with E-state index in [-0.39, 0.29) is 0 Å². The maximum Gasteiger partial charge on any atom is 0.119 e. The minimum absolute atomic E-state index is 0.864. The summed E-state index contributed by atoms with van der Waals surface area (Å²) in [7, 11) is 3.69. The van der Waals surface area contributed by atoms with Crippen LogP contribution in [0.1, 0.15) is 25.3 Å². The molecule has 0 radical (unpaired) electrons. The quantitative estimate of drug-likeness (QED) is 0.758. The van der Waals surface area contributed by atoms with Gasteiger partial charge in [-0.05, 0) is 54.8 Å². The largest absolute Gasteiger partial charge is 0.497 e. The van der Waals surface area contributed by atoms with Crippen LogP contribution in [0.5, 0.6) is 5.75 Å². The number of nitrogens with one attached hydrogen (secondary N) is 1. The molecule has 0 atom stereocenters. The number of anilines is 2. The van der Waals surface area contributed by atoms with Gasteiger partial charge in [0.25, 0.3) is 0 Å². The molecule has 0 aromatic heterocycles. The molecule has 0 unspecified atom stereocenters. The normalized spacial score (nSPS) is 10.2. The van der Waals surface area contributed by atoms with Crippen LogP contribution in [0.3, 0.4) is 0 Å². The molecular weight excluding hydrogens is 260 g/mol. The Bertz CT molecular complexity index is 534. The molecular formula is C18H24N2O. The predicted molar refractivity (Wildman–Crippen MR) is 90.1 cm³/mol. The Hall–Kier alpha value is -2.16. The number of nitrogens with zero attached hydrogens (tertiary/aromatic N) is 1. The highest BCUT2D eigenvalue weighted by Gasteiger charge is 2.02. The Morgan fingerprint density at radius 1 is 1.00 bits per heavy atom. The lowest BCUT2D eigenvalue weighted by molar-refractivity contribution is 0.415. The zero-order chi connectivity index (χ0) is 15.1. The zero-order valence-corrected chi connectivity index (χ0v) is 13.1. The van der Waals surface area contributed by atoms with Crippen LogP contribution in [0, 0.1) is 0 Å². The van der Waals surface area contributed by atoms with Gasteiger partial charge in [0, 0.05) is 7.05 Å². The van der Waals surface area contributed by atoms with Crippen molar-refractivity contribution in [1.82, 2.24) is 0 Å². The lowest BCUT2D eigenvalue weighted by atomic mass is 10.1. The molecule has 0 saturated heterocycles. The highest BCUT2D eigenvalue weighted by Crippen LogP contribution is 2.19. The maximum absolute atomic E-state index is 5.16. The molecule has 112 valence electrons. The SMILES string of the molecule is CCCCc1ccc(N(C)Nc2ccc(OC)cc2)cc1. The lowest BCUT2D eigenvalue weighted by Gasteiger charge is -2.22. The molecule has 3 nitrogen and oxygen atoms in total. The molecule has 0 amide bonds. The second-order valence-electron chi connectivity index (χ2n) is 5.17. The van der Waals surface area contributed by atoms with Crippen LogP contribution in [0.15, 0.2) is 48.5 Å². The van der Waals surface area contributed by atoms with Crippen LogP contribution >= 0.6 is 0 Å². The summed E-state index contributed by atoms with van der Waals surface area (Å²) < 4.78 is 5.16. The fourth-order valence-electron chi connectivity index (χ4n) is 2.19. The average molecular weight is 284 g/mol. The van der Waals surface area contributed by atoms with Gasteiger partial charge in [-0.25, -0.2) is 0 Å². The molecule has 21 heavy (non-hydrogen) atoms. The summed E-state index contributed by atoms with van der Waals surface area (Å²) in [5, 5.41) is 2.02. The molecule has 0 saturated carbocycles. The van der Waals surface area contributed by atoms with Gasteiger partial charge in [-0.15, -0.1) is 0 Å². The van der Waals surface area contributed by atoms with Crippen molar-refractivity contribution < 1.29 is 4.74 Å². The number of hydrogen-bond acceptors (Lipinski definition) is 3. The third-order valence-corrected chi connectivity index (χ3v) is 3.53. The van der Waals surface area contributed by atoms with Crippen molar-refractivity contribution >= 4 is 11.4 Å². The first-order valence-electron chi connectivity index (χ1n) is 7.46. The van der Waals surface area contributed by atoms with E-state index in [4.69, 9.17) is 4.74 Å². The monoisotopic (exact) mass is 284 g/mol. The van der Waals surface area contributed by atoms with E-state index in [2.05, 4.69) is 36.6 Å². The minimum Gasteiger partial charge on any atom is -0.497 e. The summed E-state index contributed by atoms with van der Waals surface area (Å²) in [6, 6.07) is 16.6. The molecule has 0 heterocycles. The van der Waals surface area contributed by atoms with Crippen LogP contribution in [0.4, 0.5) is 11.4 Å². The van der Waals surface area contributed by atoms with Crippen LogP contribution in [-0.2, 0) is 6.42 Å². The van der Waals surface area contributed by atoms with E-state index >= 15 is 0 Å². The number of aryl methyl sites for hydroxylation is 1. The van der Waals surface area contributed by atoms with Gasteiger partial charge < -0.3 is 4.74 Å². The van der Waals surface area contributed by atoms with E-state index in [1.807, 2.05) is 36.3 Å². The molecule has 0 fully saturated rings. The second-order valence-corrected chi connectivity index (χ2v) is 5.17. The first kappa shape index (κ1) is 15.2. The van der Waals surface area contributed by atoms with E-state index in [1.165, 1.54) is 18.4 Å². The smallest absolute Gasteiger partial charge is 0.119 e. The molecule has 0 aliphatic heterocycles. The molecule has 1 N–H and O–H groups in total. The summed E-state index contributed by atoms with van der Waals surface area (Å²) >= 11 is 0. The number of rotatable bonds is 7. The fraction of sp³-hybridized carbons (Fsp3) is 0.333. The summed E-state index contributed by atoms with van der Waals surface area (Å²) in [5.41, 5.74) is 6.93. The van der Waals surface area contributed by atoms with Gasteiger partial charge in [0.1, 0.15) is 5.75 Å². The Balaban J connectivity index is 1.96. The Morgan fingerprint density at radius 2 is 1.67 bits per heavy atom. The molecule has 0 aliphatic carbocycles. The number of unbranched alkanes of at least 4 members (excludes halogenated alkanes) is 1. The first-order valence-corrected chi connectivity index (χ1v) is 7.46. The van der Waals surface area contributed by atoms with E-state index in [1.54, 1.807) is 7.11 Å². The van der Waals surface area contributed by atoms with Crippen molar-refractivity contribution in [2.75, 3.05) is 24.6 Å². The average Bonchev–Trinajstić information content (AvgIpc) is 2.54. The highest BCUT2D eigenvalue weighted by molar-refractivity contribution is 5.55. The van der Waals surface area contributed by atoms with Crippen molar-refractivity contribution in [1.29, 1.82) is 0 Å². The van der Waals surface area contributed by atoms with Gasteiger partial charge in [0.15, 0.2) is 0 Å². The fourth-order valence-corrected chi connectivity index (χ4v) is 2.19. The number of hydrazine groups is 1. The van der Waals surface area contributed by atoms with Crippen LogP contribution in [-0.4, -0.2) is 14.2 Å². The highest BCUT2D eigenvalue weighted by atomic mass is 16.5. The van der Waals surface area contributed by atoms with Crippen LogP contribution < -0.4 is 15.2 Å². The minimum atomic E-state index is 0.864. The van der Waals surface area contributed by atoms with E-state index in [0.29, 0.717) is 0 Å². The van der Waals surface area contributed by atoms with Crippen LogP contribution in [0.2, 0.25) is 0 Å². The summed E-state index contributed by atoms with van der Waals surface area (Å²) in [6.45, 7) is 2.22. The number of methoxy groups -OCH3 is 1. The number of ether oxygens (including phenoxy) is 1. The van der Waals surface area contributed by atoms with Crippen molar-refractivity contribution in [2.45, 2.75) is 26.2 Å². The number of benzene rings is 2. The third-order valence-electron chi connectivity index (χ3n) is 3.53. The zero-order valence-electron chi connectivity index (χ0n) is 13.1. The second kappa shape index (κ2) is 7.58. The molecule has 0 spiro atoms. The van der Waals surface area contributed by atoms with Gasteiger partial charge in [0.05, 0.1) is 18.5 Å². The standard InChI is InChI=1S/C18H24N2O/c1-4-5-6-15-7-11-17(12-8-15)20(2)19-16-9-13-18(21-3)14-10-16/h7-14,19H,4-6H2,1-3H3. The first-order chi connectivity index (χ1) is 10.2. The third kappa shape index (κ3) is 4.42. The van der Waals surface area contributed by atoms with Crippen molar-refractivity contribution in [2.24, 2.45) is 0 Å². The van der Waals surface area contributed by atoms with E-state index < -0.39 is 0 Å². The lowest BCUT2D eigenvalue weighted by Crippen LogP contribution is -2.24. The molecule has 0 bridgehead atoms. The Morgan fingerprint density at radius 3 is 2.24 bits per heavy atom. The van der Waals surface area contributed by atoms with Gasteiger partial charge in [0.2, 0.25) is 0 Å². The molecule has 0 aliphatic rings. The van der Waals surface area contributed by atoms with Crippen molar-refractivity contribution in [3.05, 3.63) is 54.1 Å². The Kier molecular flexibility index (Phi) is 5.50. The van der Waals surface area contributed by atoms with Crippen molar-refractivity contribution in [3.8, 4) is 5.75 Å². The molecule has 2 rings (SSSR count). The predicted octanol–water partition coefficient (Wildman–Crippen LogP) is 4.50. The van der Waals surface area contributed by atoms with Gasteiger partial charge >= 0.3 is 0 Å². The van der Waals surface area contributed by atoms with Crippen molar-refractivity contribution in [3.63, 3.8) is 0 Å². The number of hydrogen-bond donors (Lipinski definition) is 1. The summed E-state index contributed by atoms with van der Waals surface area (Å²) in [6.07, 6.45) is 3.65. The Labute approximate surface area is 127 Å². The van der Waals surface area contributed by atoms with Gasteiger partial charge in [-0.2, -0.15) is 0 Å². The van der Waals surface area contributed by atoms with E-state index in [9.17, 15) is 0 Å². The van der Waals surface area contributed by atoms with Gasteiger partial charge in [-0.1, -0.05) is 25.5 Å². The molecule has 2 aromatic carbocycles. The van der Waals surface area contributed by atoms with E-state index in [0.717, 1.165) is 23.5 Å². The molecule has 2 aromatic rings. The summed E-state index contributed by atoms with van der Waals surface area (Å²) in [4.78, 5) is 0.